The van der Waals surface area contributed by atoms with E-state index in [4.69, 9.17) is 0 Å². The molecule has 0 saturated carbocycles. The summed E-state index contributed by atoms with van der Waals surface area (Å²) in [5.74, 6) is 0.879. The first-order valence-electron chi connectivity index (χ1n) is 8.28. The normalized spacial score (nSPS) is 13.5. The van der Waals surface area contributed by atoms with Crippen molar-refractivity contribution >= 4 is 6.03 Å². The zero-order chi connectivity index (χ0) is 18.4. The third kappa shape index (κ3) is 5.56. The molecule has 0 radical (unpaired) electrons. The first-order chi connectivity index (χ1) is 11.8. The standard InChI is InChI=1S/C18H25FN4O2/c1-13(2)11-23-9-8-20-16(23)10-21-17(24)22-12-18(3,25)14-4-6-15(19)7-5-14/h4-9,13,25H,10-12H2,1-3H3,(H2,21,22,24). The van der Waals surface area contributed by atoms with Gasteiger partial charge in [-0.25, -0.2) is 14.2 Å². The number of carbonyl (C=O) groups excluding carboxylic acids is 1. The summed E-state index contributed by atoms with van der Waals surface area (Å²) in [7, 11) is 0. The van der Waals surface area contributed by atoms with Gasteiger partial charge in [0.05, 0.1) is 13.1 Å². The topological polar surface area (TPSA) is 79.2 Å². The predicted molar refractivity (Wildman–Crippen MR) is 93.3 cm³/mol. The smallest absolute Gasteiger partial charge is 0.315 e. The molecule has 1 unspecified atom stereocenters. The Bertz CT molecular complexity index is 695. The van der Waals surface area contributed by atoms with Crippen LogP contribution in [0, 0.1) is 11.7 Å². The molecule has 0 spiro atoms. The monoisotopic (exact) mass is 348 g/mol. The van der Waals surface area contributed by atoms with E-state index in [-0.39, 0.29) is 12.4 Å². The highest BCUT2D eigenvalue weighted by Gasteiger charge is 2.23. The predicted octanol–water partition coefficient (Wildman–Crippen LogP) is 2.39. The van der Waals surface area contributed by atoms with Crippen molar-refractivity contribution < 1.29 is 14.3 Å². The van der Waals surface area contributed by atoms with Crippen LogP contribution >= 0.6 is 0 Å². The Kier molecular flexibility index (Phi) is 6.14. The Morgan fingerprint density at radius 2 is 2.00 bits per heavy atom. The van der Waals surface area contributed by atoms with Crippen LogP contribution in [-0.2, 0) is 18.7 Å². The van der Waals surface area contributed by atoms with E-state index in [2.05, 4.69) is 29.5 Å². The van der Waals surface area contributed by atoms with E-state index < -0.39 is 11.6 Å². The van der Waals surface area contributed by atoms with Crippen LogP contribution in [0.15, 0.2) is 36.7 Å². The molecular weight excluding hydrogens is 323 g/mol. The number of carbonyl (C=O) groups is 1. The highest BCUT2D eigenvalue weighted by atomic mass is 19.1. The fourth-order valence-electron chi connectivity index (χ4n) is 2.45. The van der Waals surface area contributed by atoms with Gasteiger partial charge in [0, 0.05) is 18.9 Å². The number of imidazole rings is 1. The molecule has 2 aromatic rings. The number of nitrogens with one attached hydrogen (secondary N) is 2. The van der Waals surface area contributed by atoms with Gasteiger partial charge in [-0.05, 0) is 30.5 Å². The summed E-state index contributed by atoms with van der Waals surface area (Å²) in [6.45, 7) is 6.92. The molecule has 6 nitrogen and oxygen atoms in total. The lowest BCUT2D eigenvalue weighted by atomic mass is 9.96. The SMILES string of the molecule is CC(C)Cn1ccnc1CNC(=O)NCC(C)(O)c1ccc(F)cc1. The van der Waals surface area contributed by atoms with Crippen molar-refractivity contribution in [2.45, 2.75) is 39.5 Å². The van der Waals surface area contributed by atoms with Crippen molar-refractivity contribution in [3.63, 3.8) is 0 Å². The van der Waals surface area contributed by atoms with Gasteiger partial charge in [0.15, 0.2) is 0 Å². The van der Waals surface area contributed by atoms with Crippen LogP contribution in [-0.4, -0.2) is 27.2 Å². The Morgan fingerprint density at radius 1 is 1.32 bits per heavy atom. The fourth-order valence-corrected chi connectivity index (χ4v) is 2.45. The quantitative estimate of drug-likeness (QED) is 0.719. The highest BCUT2D eigenvalue weighted by Crippen LogP contribution is 2.19. The number of benzene rings is 1. The maximum atomic E-state index is 13.0. The van der Waals surface area contributed by atoms with Crippen LogP contribution in [0.1, 0.15) is 32.2 Å². The van der Waals surface area contributed by atoms with Crippen LogP contribution in [0.4, 0.5) is 9.18 Å². The molecule has 0 aliphatic heterocycles. The number of amides is 2. The van der Waals surface area contributed by atoms with E-state index in [0.717, 1.165) is 12.4 Å². The van der Waals surface area contributed by atoms with E-state index in [1.165, 1.54) is 24.3 Å². The summed E-state index contributed by atoms with van der Waals surface area (Å²) in [5, 5.41) is 15.8. The molecule has 0 bridgehead atoms. The number of halogens is 1. The molecular formula is C18H25FN4O2. The van der Waals surface area contributed by atoms with E-state index in [9.17, 15) is 14.3 Å². The maximum Gasteiger partial charge on any atom is 0.315 e. The Hall–Kier alpha value is -2.41. The summed E-state index contributed by atoms with van der Waals surface area (Å²) in [4.78, 5) is 16.2. The van der Waals surface area contributed by atoms with E-state index in [1.54, 1.807) is 13.1 Å². The van der Waals surface area contributed by atoms with Gasteiger partial charge in [-0.2, -0.15) is 0 Å². The van der Waals surface area contributed by atoms with Gasteiger partial charge >= 0.3 is 6.03 Å². The van der Waals surface area contributed by atoms with E-state index >= 15 is 0 Å². The lowest BCUT2D eigenvalue weighted by Gasteiger charge is -2.24. The van der Waals surface area contributed by atoms with Gasteiger partial charge in [0.25, 0.3) is 0 Å². The summed E-state index contributed by atoms with van der Waals surface area (Å²) in [5.41, 5.74) is -0.761. The van der Waals surface area contributed by atoms with Crippen LogP contribution in [0.25, 0.3) is 0 Å². The van der Waals surface area contributed by atoms with Crippen molar-refractivity contribution in [2.24, 2.45) is 5.92 Å². The second-order valence-corrected chi connectivity index (χ2v) is 6.71. The van der Waals surface area contributed by atoms with Gasteiger partial charge in [-0.3, -0.25) is 0 Å². The summed E-state index contributed by atoms with van der Waals surface area (Å²) >= 11 is 0. The lowest BCUT2D eigenvalue weighted by Crippen LogP contribution is -2.43. The molecule has 136 valence electrons. The van der Waals surface area contributed by atoms with Gasteiger partial charge in [-0.1, -0.05) is 26.0 Å². The summed E-state index contributed by atoms with van der Waals surface area (Å²) < 4.78 is 15.0. The van der Waals surface area contributed by atoms with Crippen molar-refractivity contribution in [1.82, 2.24) is 20.2 Å². The minimum Gasteiger partial charge on any atom is -0.384 e. The first kappa shape index (κ1) is 18.9. The number of rotatable bonds is 7. The van der Waals surface area contributed by atoms with Gasteiger partial charge in [0.2, 0.25) is 0 Å². The fraction of sp³-hybridized carbons (Fsp3) is 0.444. The number of hydrogen-bond donors (Lipinski definition) is 3. The minimum atomic E-state index is -1.29. The third-order valence-electron chi connectivity index (χ3n) is 3.83. The number of aromatic nitrogens is 2. The zero-order valence-electron chi connectivity index (χ0n) is 14.8. The molecule has 2 amide bonds. The molecule has 3 N–H and O–H groups in total. The van der Waals surface area contributed by atoms with Crippen LogP contribution in [0.2, 0.25) is 0 Å². The Morgan fingerprint density at radius 3 is 2.64 bits per heavy atom. The first-order valence-corrected chi connectivity index (χ1v) is 8.28. The van der Waals surface area contributed by atoms with Gasteiger partial charge < -0.3 is 20.3 Å². The van der Waals surface area contributed by atoms with Crippen LogP contribution in [0.3, 0.4) is 0 Å². The molecule has 1 aromatic heterocycles. The third-order valence-corrected chi connectivity index (χ3v) is 3.83. The summed E-state index contributed by atoms with van der Waals surface area (Å²) in [6, 6.07) is 5.15. The molecule has 1 atom stereocenters. The number of hydrogen-bond acceptors (Lipinski definition) is 3. The average molecular weight is 348 g/mol. The van der Waals surface area contributed by atoms with Crippen LogP contribution < -0.4 is 10.6 Å². The number of urea groups is 1. The molecule has 0 aliphatic carbocycles. The van der Waals surface area contributed by atoms with Crippen molar-refractivity contribution in [1.29, 1.82) is 0 Å². The number of nitrogens with zero attached hydrogens (tertiary/aromatic N) is 2. The van der Waals surface area contributed by atoms with E-state index in [1.807, 2.05) is 10.8 Å². The van der Waals surface area contributed by atoms with Gasteiger partial charge in [0.1, 0.15) is 17.2 Å². The zero-order valence-corrected chi connectivity index (χ0v) is 14.8. The molecule has 1 heterocycles. The number of aliphatic hydroxyl groups is 1. The Labute approximate surface area is 147 Å². The minimum absolute atomic E-state index is 0.00486. The molecule has 2 rings (SSSR count). The van der Waals surface area contributed by atoms with Crippen LogP contribution in [0.5, 0.6) is 0 Å². The molecule has 1 aromatic carbocycles. The van der Waals surface area contributed by atoms with E-state index in [0.29, 0.717) is 18.0 Å². The highest BCUT2D eigenvalue weighted by molar-refractivity contribution is 5.73. The lowest BCUT2D eigenvalue weighted by molar-refractivity contribution is 0.0593. The van der Waals surface area contributed by atoms with Crippen molar-refractivity contribution in [3.8, 4) is 0 Å². The molecule has 0 fully saturated rings. The second kappa shape index (κ2) is 8.11. The molecule has 25 heavy (non-hydrogen) atoms. The molecule has 0 aliphatic rings. The second-order valence-electron chi connectivity index (χ2n) is 6.71. The van der Waals surface area contributed by atoms with Gasteiger partial charge in [-0.15, -0.1) is 0 Å². The van der Waals surface area contributed by atoms with Crippen molar-refractivity contribution in [2.75, 3.05) is 6.54 Å². The maximum absolute atomic E-state index is 13.0. The largest absolute Gasteiger partial charge is 0.384 e. The molecule has 7 heteroatoms. The summed E-state index contributed by atoms with van der Waals surface area (Å²) in [6.07, 6.45) is 3.59. The molecule has 0 saturated heterocycles. The van der Waals surface area contributed by atoms with Crippen molar-refractivity contribution in [3.05, 3.63) is 53.9 Å². The average Bonchev–Trinajstić information content (AvgIpc) is 2.98. The Balaban J connectivity index is 1.84.